The number of amides is 2. The van der Waals surface area contributed by atoms with Crippen LogP contribution in [0.4, 0.5) is 0 Å². The molecule has 0 atom stereocenters. The smallest absolute Gasteiger partial charge is 0.254 e. The van der Waals surface area contributed by atoms with Gasteiger partial charge in [-0.3, -0.25) is 9.59 Å². The standard InChI is InChI=1S/C20H22N4O2/c1-23(2)11-12-24(14-16-5-3-15(13-21)4-6-16)20(26)18-9-7-17(8-10-18)19(22)25/h3-10H,11-12,14H2,1-2H3,(H2,22,25). The van der Waals surface area contributed by atoms with E-state index < -0.39 is 5.91 Å². The molecule has 0 saturated heterocycles. The summed E-state index contributed by atoms with van der Waals surface area (Å²) in [5.74, 6) is -0.640. The number of carbonyl (C=O) groups excluding carboxylic acids is 2. The van der Waals surface area contributed by atoms with Crippen molar-refractivity contribution in [2.45, 2.75) is 6.54 Å². The molecule has 0 saturated carbocycles. The molecule has 134 valence electrons. The van der Waals surface area contributed by atoms with Crippen LogP contribution in [0.1, 0.15) is 31.8 Å². The van der Waals surface area contributed by atoms with Gasteiger partial charge in [-0.2, -0.15) is 5.26 Å². The highest BCUT2D eigenvalue weighted by Gasteiger charge is 2.17. The highest BCUT2D eigenvalue weighted by molar-refractivity contribution is 5.97. The van der Waals surface area contributed by atoms with Crippen molar-refractivity contribution in [3.8, 4) is 6.07 Å². The Labute approximate surface area is 153 Å². The zero-order chi connectivity index (χ0) is 19.1. The largest absolute Gasteiger partial charge is 0.366 e. The normalized spacial score (nSPS) is 10.4. The van der Waals surface area contributed by atoms with Crippen LogP contribution < -0.4 is 5.73 Å². The second-order valence-corrected chi connectivity index (χ2v) is 6.28. The van der Waals surface area contributed by atoms with Crippen molar-refractivity contribution in [2.75, 3.05) is 27.2 Å². The van der Waals surface area contributed by atoms with Crippen molar-refractivity contribution >= 4 is 11.8 Å². The minimum absolute atomic E-state index is 0.118. The van der Waals surface area contributed by atoms with Crippen molar-refractivity contribution in [3.05, 3.63) is 70.8 Å². The van der Waals surface area contributed by atoms with Crippen molar-refractivity contribution in [2.24, 2.45) is 5.73 Å². The van der Waals surface area contributed by atoms with Crippen LogP contribution in [0.3, 0.4) is 0 Å². The molecule has 0 radical (unpaired) electrons. The molecule has 0 aliphatic heterocycles. The summed E-state index contributed by atoms with van der Waals surface area (Å²) in [4.78, 5) is 27.9. The number of likely N-dealkylation sites (N-methyl/N-ethyl adjacent to an activating group) is 1. The number of hydrogen-bond donors (Lipinski definition) is 1. The average Bonchev–Trinajstić information content (AvgIpc) is 2.65. The van der Waals surface area contributed by atoms with Gasteiger partial charge in [-0.15, -0.1) is 0 Å². The molecular formula is C20H22N4O2. The maximum absolute atomic E-state index is 12.9. The van der Waals surface area contributed by atoms with Crippen LogP contribution >= 0.6 is 0 Å². The highest BCUT2D eigenvalue weighted by atomic mass is 16.2. The van der Waals surface area contributed by atoms with Crippen LogP contribution in [0.25, 0.3) is 0 Å². The van der Waals surface area contributed by atoms with E-state index in [9.17, 15) is 9.59 Å². The van der Waals surface area contributed by atoms with Gasteiger partial charge in [0.1, 0.15) is 0 Å². The van der Waals surface area contributed by atoms with E-state index in [4.69, 9.17) is 11.0 Å². The van der Waals surface area contributed by atoms with Gasteiger partial charge in [0.05, 0.1) is 11.6 Å². The molecule has 2 amide bonds. The first-order valence-corrected chi connectivity index (χ1v) is 8.23. The first kappa shape index (κ1) is 19.2. The van der Waals surface area contributed by atoms with Crippen LogP contribution in [0, 0.1) is 11.3 Å². The average molecular weight is 350 g/mol. The summed E-state index contributed by atoms with van der Waals surface area (Å²) >= 11 is 0. The molecule has 0 aromatic heterocycles. The number of rotatable bonds is 7. The Kier molecular flexibility index (Phi) is 6.48. The number of nitrogens with zero attached hydrogens (tertiary/aromatic N) is 3. The molecule has 0 bridgehead atoms. The van der Waals surface area contributed by atoms with Gasteiger partial charge < -0.3 is 15.5 Å². The van der Waals surface area contributed by atoms with E-state index >= 15 is 0 Å². The number of benzene rings is 2. The Morgan fingerprint density at radius 3 is 2.04 bits per heavy atom. The molecule has 0 aliphatic rings. The van der Waals surface area contributed by atoms with E-state index in [0.29, 0.717) is 29.8 Å². The monoisotopic (exact) mass is 350 g/mol. The molecule has 0 fully saturated rings. The lowest BCUT2D eigenvalue weighted by Crippen LogP contribution is -2.36. The fraction of sp³-hybridized carbons (Fsp3) is 0.250. The molecule has 0 unspecified atom stereocenters. The Morgan fingerprint density at radius 1 is 0.962 bits per heavy atom. The maximum atomic E-state index is 12.9. The zero-order valence-corrected chi connectivity index (χ0v) is 15.0. The molecule has 6 nitrogen and oxygen atoms in total. The van der Waals surface area contributed by atoms with E-state index in [1.165, 1.54) is 0 Å². The van der Waals surface area contributed by atoms with Crippen LogP contribution in [-0.2, 0) is 6.54 Å². The van der Waals surface area contributed by atoms with Crippen LogP contribution in [-0.4, -0.2) is 48.8 Å². The summed E-state index contributed by atoms with van der Waals surface area (Å²) in [5.41, 5.74) is 7.65. The quantitative estimate of drug-likeness (QED) is 0.825. The lowest BCUT2D eigenvalue weighted by atomic mass is 10.1. The van der Waals surface area contributed by atoms with E-state index in [1.807, 2.05) is 31.1 Å². The first-order chi connectivity index (χ1) is 12.4. The van der Waals surface area contributed by atoms with Gasteiger partial charge in [0.15, 0.2) is 0 Å². The third kappa shape index (κ3) is 5.16. The maximum Gasteiger partial charge on any atom is 0.254 e. The third-order valence-electron chi connectivity index (χ3n) is 3.98. The molecule has 2 N–H and O–H groups in total. The highest BCUT2D eigenvalue weighted by Crippen LogP contribution is 2.12. The minimum Gasteiger partial charge on any atom is -0.366 e. The van der Waals surface area contributed by atoms with Gasteiger partial charge in [-0.05, 0) is 56.1 Å². The number of carbonyl (C=O) groups is 2. The molecule has 2 rings (SSSR count). The minimum atomic E-state index is -0.522. The predicted molar refractivity (Wildman–Crippen MR) is 99.4 cm³/mol. The molecule has 2 aromatic rings. The molecular weight excluding hydrogens is 328 g/mol. The second kappa shape index (κ2) is 8.79. The topological polar surface area (TPSA) is 90.4 Å². The fourth-order valence-electron chi connectivity index (χ4n) is 2.44. The van der Waals surface area contributed by atoms with Crippen molar-refractivity contribution in [1.29, 1.82) is 5.26 Å². The summed E-state index contributed by atoms with van der Waals surface area (Å²) in [5, 5.41) is 8.90. The Bertz CT molecular complexity index is 805. The Morgan fingerprint density at radius 2 is 1.54 bits per heavy atom. The summed E-state index contributed by atoms with van der Waals surface area (Å²) in [6, 6.07) is 15.6. The van der Waals surface area contributed by atoms with Gasteiger partial charge in [0.2, 0.25) is 5.91 Å². The zero-order valence-electron chi connectivity index (χ0n) is 15.0. The lowest BCUT2D eigenvalue weighted by Gasteiger charge is -2.25. The van der Waals surface area contributed by atoms with Gasteiger partial charge in [0, 0.05) is 30.8 Å². The van der Waals surface area contributed by atoms with Crippen LogP contribution in [0.15, 0.2) is 48.5 Å². The van der Waals surface area contributed by atoms with Crippen molar-refractivity contribution in [1.82, 2.24) is 9.80 Å². The number of primary amides is 1. The molecule has 2 aromatic carbocycles. The summed E-state index contributed by atoms with van der Waals surface area (Å²) < 4.78 is 0. The van der Waals surface area contributed by atoms with E-state index in [0.717, 1.165) is 12.1 Å². The Balaban J connectivity index is 2.20. The summed E-state index contributed by atoms with van der Waals surface area (Å²) in [7, 11) is 3.90. The van der Waals surface area contributed by atoms with Gasteiger partial charge in [-0.25, -0.2) is 0 Å². The van der Waals surface area contributed by atoms with Gasteiger partial charge in [0.25, 0.3) is 5.91 Å². The molecule has 6 heteroatoms. The third-order valence-corrected chi connectivity index (χ3v) is 3.98. The molecule has 0 aliphatic carbocycles. The fourth-order valence-corrected chi connectivity index (χ4v) is 2.44. The molecule has 0 heterocycles. The summed E-state index contributed by atoms with van der Waals surface area (Å²) in [6.45, 7) is 1.72. The van der Waals surface area contributed by atoms with E-state index in [-0.39, 0.29) is 5.91 Å². The summed E-state index contributed by atoms with van der Waals surface area (Å²) in [6.07, 6.45) is 0. The number of nitriles is 1. The van der Waals surface area contributed by atoms with E-state index in [2.05, 4.69) is 6.07 Å². The van der Waals surface area contributed by atoms with Gasteiger partial charge in [-0.1, -0.05) is 12.1 Å². The van der Waals surface area contributed by atoms with Crippen LogP contribution in [0.5, 0.6) is 0 Å². The van der Waals surface area contributed by atoms with E-state index in [1.54, 1.807) is 41.3 Å². The van der Waals surface area contributed by atoms with Crippen molar-refractivity contribution < 1.29 is 9.59 Å². The number of nitrogens with two attached hydrogens (primary N) is 1. The lowest BCUT2D eigenvalue weighted by molar-refractivity contribution is 0.0731. The first-order valence-electron chi connectivity index (χ1n) is 8.23. The van der Waals surface area contributed by atoms with Crippen molar-refractivity contribution in [3.63, 3.8) is 0 Å². The second-order valence-electron chi connectivity index (χ2n) is 6.28. The number of hydrogen-bond acceptors (Lipinski definition) is 4. The predicted octanol–water partition coefficient (Wildman–Crippen LogP) is 1.86. The SMILES string of the molecule is CN(C)CCN(Cc1ccc(C#N)cc1)C(=O)c1ccc(C(N)=O)cc1. The molecule has 0 spiro atoms. The van der Waals surface area contributed by atoms with Crippen LogP contribution in [0.2, 0.25) is 0 Å². The Hall–Kier alpha value is -3.17. The molecule has 26 heavy (non-hydrogen) atoms. The van der Waals surface area contributed by atoms with Gasteiger partial charge >= 0.3 is 0 Å².